The van der Waals surface area contributed by atoms with Crippen LogP contribution in [-0.2, 0) is 4.74 Å². The van der Waals surface area contributed by atoms with Crippen molar-refractivity contribution in [3.8, 4) is 5.75 Å². The van der Waals surface area contributed by atoms with Crippen LogP contribution in [-0.4, -0.2) is 25.7 Å². The summed E-state index contributed by atoms with van der Waals surface area (Å²) in [7, 11) is 0. The fourth-order valence-electron chi connectivity index (χ4n) is 2.86. The van der Waals surface area contributed by atoms with Gasteiger partial charge >= 0.3 is 0 Å². The van der Waals surface area contributed by atoms with Crippen molar-refractivity contribution in [2.75, 3.05) is 30.9 Å². The molecule has 1 saturated heterocycles. The zero-order chi connectivity index (χ0) is 17.6. The van der Waals surface area contributed by atoms with Crippen molar-refractivity contribution < 1.29 is 14.3 Å². The summed E-state index contributed by atoms with van der Waals surface area (Å²) in [5.74, 6) is 1.10. The van der Waals surface area contributed by atoms with E-state index in [4.69, 9.17) is 15.2 Å². The van der Waals surface area contributed by atoms with Gasteiger partial charge in [0.05, 0.1) is 12.2 Å². The van der Waals surface area contributed by atoms with Crippen LogP contribution in [0, 0.1) is 12.8 Å². The van der Waals surface area contributed by atoms with Crippen molar-refractivity contribution in [1.29, 1.82) is 0 Å². The van der Waals surface area contributed by atoms with Crippen molar-refractivity contribution in [1.82, 2.24) is 0 Å². The lowest BCUT2D eigenvalue weighted by molar-refractivity contribution is 0.0496. The molecule has 0 radical (unpaired) electrons. The van der Waals surface area contributed by atoms with E-state index in [0.717, 1.165) is 37.4 Å². The first-order valence-electron chi connectivity index (χ1n) is 8.60. The first-order valence-corrected chi connectivity index (χ1v) is 8.60. The van der Waals surface area contributed by atoms with Gasteiger partial charge in [0.25, 0.3) is 5.91 Å². The van der Waals surface area contributed by atoms with Gasteiger partial charge in [0.2, 0.25) is 0 Å². The third-order valence-electron chi connectivity index (χ3n) is 4.47. The zero-order valence-electron chi connectivity index (χ0n) is 14.9. The number of anilines is 2. The van der Waals surface area contributed by atoms with Crippen LogP contribution in [0.15, 0.2) is 42.5 Å². The highest BCUT2D eigenvalue weighted by Crippen LogP contribution is 2.25. The number of aryl methyl sites for hydroxylation is 1. The highest BCUT2D eigenvalue weighted by atomic mass is 35.5. The maximum atomic E-state index is 12.4. The number of hydrogen-bond acceptors (Lipinski definition) is 4. The van der Waals surface area contributed by atoms with Crippen LogP contribution in [0.5, 0.6) is 5.75 Å². The van der Waals surface area contributed by atoms with Gasteiger partial charge < -0.3 is 20.5 Å². The van der Waals surface area contributed by atoms with Gasteiger partial charge in [-0.05, 0) is 49.4 Å². The Morgan fingerprint density at radius 2 is 1.96 bits per heavy atom. The molecule has 0 bridgehead atoms. The van der Waals surface area contributed by atoms with Gasteiger partial charge in [0.15, 0.2) is 0 Å². The van der Waals surface area contributed by atoms with Gasteiger partial charge in [0.1, 0.15) is 5.75 Å². The summed E-state index contributed by atoms with van der Waals surface area (Å²) in [4.78, 5) is 12.4. The lowest BCUT2D eigenvalue weighted by Gasteiger charge is -2.22. The summed E-state index contributed by atoms with van der Waals surface area (Å²) in [5, 5.41) is 2.89. The average molecular weight is 377 g/mol. The average Bonchev–Trinajstić information content (AvgIpc) is 2.63. The van der Waals surface area contributed by atoms with Gasteiger partial charge in [-0.3, -0.25) is 4.79 Å². The summed E-state index contributed by atoms with van der Waals surface area (Å²) < 4.78 is 11.4. The van der Waals surface area contributed by atoms with Gasteiger partial charge in [-0.2, -0.15) is 0 Å². The van der Waals surface area contributed by atoms with E-state index in [-0.39, 0.29) is 18.3 Å². The Hall–Kier alpha value is -2.24. The molecule has 1 fully saturated rings. The fraction of sp³-hybridized carbons (Fsp3) is 0.350. The topological polar surface area (TPSA) is 73.6 Å². The molecule has 1 heterocycles. The van der Waals surface area contributed by atoms with Gasteiger partial charge in [0, 0.05) is 30.7 Å². The van der Waals surface area contributed by atoms with Crippen molar-refractivity contribution in [3.63, 3.8) is 0 Å². The Kier molecular flexibility index (Phi) is 7.30. The minimum absolute atomic E-state index is 0. The molecule has 1 aliphatic heterocycles. The summed E-state index contributed by atoms with van der Waals surface area (Å²) in [6.45, 7) is 4.29. The SMILES string of the molecule is Cc1ccc(NC(=O)c2ccccc2N)cc1OCC1CCOCC1.Cl. The third-order valence-corrected chi connectivity index (χ3v) is 4.47. The number of amides is 1. The smallest absolute Gasteiger partial charge is 0.257 e. The molecule has 6 heteroatoms. The number of nitrogens with two attached hydrogens (primary N) is 1. The van der Waals surface area contributed by atoms with Crippen molar-refractivity contribution in [2.45, 2.75) is 19.8 Å². The standard InChI is InChI=1S/C20H24N2O3.ClH/c1-14-6-7-16(22-20(23)17-4-2-3-5-18(17)21)12-19(14)25-13-15-8-10-24-11-9-15;/h2-7,12,15H,8-11,13,21H2,1H3,(H,22,23);1H. The molecule has 0 unspecified atom stereocenters. The van der Waals surface area contributed by atoms with Crippen LogP contribution in [0.3, 0.4) is 0 Å². The second kappa shape index (κ2) is 9.46. The lowest BCUT2D eigenvalue weighted by Crippen LogP contribution is -2.21. The molecule has 1 amide bonds. The van der Waals surface area contributed by atoms with E-state index in [1.807, 2.05) is 25.1 Å². The van der Waals surface area contributed by atoms with E-state index >= 15 is 0 Å². The fourth-order valence-corrected chi connectivity index (χ4v) is 2.86. The van der Waals surface area contributed by atoms with Crippen LogP contribution >= 0.6 is 12.4 Å². The predicted octanol–water partition coefficient (Wildman–Crippen LogP) is 4.06. The highest BCUT2D eigenvalue weighted by molar-refractivity contribution is 6.07. The quantitative estimate of drug-likeness (QED) is 0.772. The summed E-state index contributed by atoms with van der Waals surface area (Å²) in [6, 6.07) is 12.7. The van der Waals surface area contributed by atoms with E-state index in [0.29, 0.717) is 29.5 Å². The molecule has 140 valence electrons. The first kappa shape index (κ1) is 20.1. The van der Waals surface area contributed by atoms with Crippen LogP contribution in [0.4, 0.5) is 11.4 Å². The number of benzene rings is 2. The van der Waals surface area contributed by atoms with E-state index < -0.39 is 0 Å². The molecular formula is C20H25ClN2O3. The molecule has 26 heavy (non-hydrogen) atoms. The van der Waals surface area contributed by atoms with E-state index in [2.05, 4.69) is 5.32 Å². The number of halogens is 1. The zero-order valence-corrected chi connectivity index (χ0v) is 15.7. The number of rotatable bonds is 5. The maximum absolute atomic E-state index is 12.4. The number of ether oxygens (including phenoxy) is 2. The van der Waals surface area contributed by atoms with Gasteiger partial charge in [-0.25, -0.2) is 0 Å². The number of carbonyl (C=O) groups excluding carboxylic acids is 1. The summed E-state index contributed by atoms with van der Waals surface area (Å²) in [6.07, 6.45) is 2.06. The first-order chi connectivity index (χ1) is 12.1. The molecule has 1 aliphatic rings. The monoisotopic (exact) mass is 376 g/mol. The van der Waals surface area contributed by atoms with Crippen LogP contribution in [0.25, 0.3) is 0 Å². The Labute approximate surface area is 160 Å². The number of nitrogen functional groups attached to an aromatic ring is 1. The van der Waals surface area contributed by atoms with Gasteiger partial charge in [-0.1, -0.05) is 18.2 Å². The van der Waals surface area contributed by atoms with Crippen molar-refractivity contribution >= 4 is 29.7 Å². The molecule has 0 aromatic heterocycles. The number of carbonyl (C=O) groups is 1. The third kappa shape index (κ3) is 5.13. The molecule has 5 nitrogen and oxygen atoms in total. The molecule has 0 spiro atoms. The lowest BCUT2D eigenvalue weighted by atomic mass is 10.0. The summed E-state index contributed by atoms with van der Waals surface area (Å²) in [5.41, 5.74) is 8.53. The van der Waals surface area contributed by atoms with Crippen molar-refractivity contribution in [3.05, 3.63) is 53.6 Å². The Balaban J connectivity index is 0.00000243. The number of nitrogens with one attached hydrogen (secondary N) is 1. The largest absolute Gasteiger partial charge is 0.493 e. The van der Waals surface area contributed by atoms with Crippen LogP contribution in [0.1, 0.15) is 28.8 Å². The van der Waals surface area contributed by atoms with Crippen LogP contribution in [0.2, 0.25) is 0 Å². The number of hydrogen-bond donors (Lipinski definition) is 2. The molecule has 0 aliphatic carbocycles. The predicted molar refractivity (Wildman–Crippen MR) is 106 cm³/mol. The summed E-state index contributed by atoms with van der Waals surface area (Å²) >= 11 is 0. The van der Waals surface area contributed by atoms with E-state index in [1.165, 1.54) is 0 Å². The molecule has 0 atom stereocenters. The molecule has 0 saturated carbocycles. The molecule has 3 rings (SSSR count). The van der Waals surface area contributed by atoms with Crippen LogP contribution < -0.4 is 15.8 Å². The molecule has 2 aromatic carbocycles. The van der Waals surface area contributed by atoms with Crippen molar-refractivity contribution in [2.24, 2.45) is 5.92 Å². The second-order valence-electron chi connectivity index (χ2n) is 6.39. The Morgan fingerprint density at radius 1 is 1.23 bits per heavy atom. The minimum atomic E-state index is -0.225. The number of para-hydroxylation sites is 1. The molecule has 2 aromatic rings. The van der Waals surface area contributed by atoms with Gasteiger partial charge in [-0.15, -0.1) is 12.4 Å². The van der Waals surface area contributed by atoms with E-state index in [1.54, 1.807) is 24.3 Å². The Bertz CT molecular complexity index is 746. The highest BCUT2D eigenvalue weighted by Gasteiger charge is 2.15. The van der Waals surface area contributed by atoms with E-state index in [9.17, 15) is 4.79 Å². The normalized spacial score (nSPS) is 14.3. The maximum Gasteiger partial charge on any atom is 0.257 e. The molecular weight excluding hydrogens is 352 g/mol. The second-order valence-corrected chi connectivity index (χ2v) is 6.39. The Morgan fingerprint density at radius 3 is 2.69 bits per heavy atom. The molecule has 3 N–H and O–H groups in total. The minimum Gasteiger partial charge on any atom is -0.493 e.